The predicted octanol–water partition coefficient (Wildman–Crippen LogP) is 6.22. The van der Waals surface area contributed by atoms with E-state index in [4.69, 9.17) is 21.1 Å². The van der Waals surface area contributed by atoms with Crippen LogP contribution in [0.15, 0.2) is 46.9 Å². The summed E-state index contributed by atoms with van der Waals surface area (Å²) in [6.45, 7) is 6.12. The second-order valence-corrected chi connectivity index (χ2v) is 10.9. The van der Waals surface area contributed by atoms with E-state index in [1.807, 2.05) is 63.5 Å². The lowest BCUT2D eigenvalue weighted by molar-refractivity contribution is -0.113. The number of ether oxygens (including phenoxy) is 2. The molecule has 0 bridgehead atoms. The van der Waals surface area contributed by atoms with Crippen LogP contribution in [0.25, 0.3) is 11.1 Å². The number of esters is 1. The highest BCUT2D eigenvalue weighted by Crippen LogP contribution is 2.38. The van der Waals surface area contributed by atoms with Crippen molar-refractivity contribution in [3.63, 3.8) is 0 Å². The van der Waals surface area contributed by atoms with Gasteiger partial charge in [-0.25, -0.2) is 4.79 Å². The topological polar surface area (TPSA) is 95.3 Å². The number of thioether (sulfide) groups is 1. The van der Waals surface area contributed by atoms with E-state index in [1.165, 1.54) is 30.2 Å². The minimum Gasteiger partial charge on any atom is -0.485 e. The lowest BCUT2D eigenvalue weighted by Gasteiger charge is -2.10. The number of nitrogens with one attached hydrogen (secondary N) is 1. The van der Waals surface area contributed by atoms with Gasteiger partial charge in [-0.3, -0.25) is 4.79 Å². The van der Waals surface area contributed by atoms with Crippen LogP contribution in [-0.2, 0) is 23.2 Å². The summed E-state index contributed by atoms with van der Waals surface area (Å²) in [7, 11) is 3.15. The van der Waals surface area contributed by atoms with Gasteiger partial charge in [0.25, 0.3) is 0 Å². The molecule has 2 aromatic heterocycles. The molecule has 2 aromatic carbocycles. The zero-order valence-electron chi connectivity index (χ0n) is 21.6. The molecule has 0 spiro atoms. The van der Waals surface area contributed by atoms with Crippen LogP contribution in [0.3, 0.4) is 0 Å². The van der Waals surface area contributed by atoms with Crippen molar-refractivity contribution in [2.75, 3.05) is 18.2 Å². The van der Waals surface area contributed by atoms with Gasteiger partial charge in [0, 0.05) is 23.0 Å². The van der Waals surface area contributed by atoms with E-state index in [2.05, 4.69) is 15.5 Å². The maximum Gasteiger partial charge on any atom is 0.341 e. The van der Waals surface area contributed by atoms with Crippen molar-refractivity contribution in [1.29, 1.82) is 0 Å². The van der Waals surface area contributed by atoms with Gasteiger partial charge in [-0.2, -0.15) is 0 Å². The molecular formula is C27H27ClN4O4S2. The van der Waals surface area contributed by atoms with Crippen molar-refractivity contribution >= 4 is 51.6 Å². The number of hydrogen-bond acceptors (Lipinski definition) is 8. The number of aromatic nitrogens is 3. The molecule has 0 aliphatic carbocycles. The van der Waals surface area contributed by atoms with Gasteiger partial charge in [-0.15, -0.1) is 21.5 Å². The molecule has 0 aliphatic rings. The van der Waals surface area contributed by atoms with Crippen molar-refractivity contribution in [3.8, 4) is 16.9 Å². The van der Waals surface area contributed by atoms with Crippen LogP contribution in [0.1, 0.15) is 32.9 Å². The highest BCUT2D eigenvalue weighted by Gasteiger charge is 2.23. The minimum absolute atomic E-state index is 0.0838. The average Bonchev–Trinajstić information content (AvgIpc) is 3.46. The first kappa shape index (κ1) is 27.7. The van der Waals surface area contributed by atoms with Crippen LogP contribution in [0.4, 0.5) is 5.00 Å². The maximum absolute atomic E-state index is 12.8. The zero-order chi connectivity index (χ0) is 27.4. The molecule has 38 heavy (non-hydrogen) atoms. The molecule has 0 saturated heterocycles. The normalized spacial score (nSPS) is 10.9. The maximum atomic E-state index is 12.8. The Morgan fingerprint density at radius 3 is 2.61 bits per heavy atom. The fraction of sp³-hybridized carbons (Fsp3) is 0.259. The number of amides is 1. The van der Waals surface area contributed by atoms with Crippen LogP contribution in [0.2, 0.25) is 5.02 Å². The molecule has 0 aliphatic heterocycles. The van der Waals surface area contributed by atoms with Crippen molar-refractivity contribution in [2.24, 2.45) is 7.05 Å². The van der Waals surface area contributed by atoms with E-state index in [0.29, 0.717) is 32.3 Å². The Morgan fingerprint density at radius 2 is 1.87 bits per heavy atom. The summed E-state index contributed by atoms with van der Waals surface area (Å²) in [5, 5.41) is 14.8. The van der Waals surface area contributed by atoms with Crippen molar-refractivity contribution in [1.82, 2.24) is 14.8 Å². The third-order valence-electron chi connectivity index (χ3n) is 5.87. The molecule has 4 aromatic rings. The lowest BCUT2D eigenvalue weighted by atomic mass is 9.97. The van der Waals surface area contributed by atoms with Gasteiger partial charge in [0.15, 0.2) is 11.0 Å². The number of hydrogen-bond donors (Lipinski definition) is 1. The molecule has 0 radical (unpaired) electrons. The number of rotatable bonds is 9. The SMILES string of the molecule is COC(=O)c1c(-c2cc(C)ccc2C)csc1NC(=O)CSc1nnc(COc2ccc(Cl)cc2C)n1C. The molecular weight excluding hydrogens is 544 g/mol. The second kappa shape index (κ2) is 12.0. The van der Waals surface area contributed by atoms with E-state index in [1.54, 1.807) is 10.6 Å². The summed E-state index contributed by atoms with van der Waals surface area (Å²) in [4.78, 5) is 25.5. The highest BCUT2D eigenvalue weighted by molar-refractivity contribution is 7.99. The Balaban J connectivity index is 1.43. The van der Waals surface area contributed by atoms with E-state index >= 15 is 0 Å². The molecule has 198 valence electrons. The fourth-order valence-corrected chi connectivity index (χ4v) is 5.71. The van der Waals surface area contributed by atoms with Crippen LogP contribution >= 0.6 is 34.7 Å². The Morgan fingerprint density at radius 1 is 1.08 bits per heavy atom. The number of methoxy groups -OCH3 is 1. The van der Waals surface area contributed by atoms with E-state index in [9.17, 15) is 9.59 Å². The van der Waals surface area contributed by atoms with E-state index in [-0.39, 0.29) is 18.3 Å². The summed E-state index contributed by atoms with van der Waals surface area (Å²) < 4.78 is 12.7. The Bertz CT molecular complexity index is 1500. The van der Waals surface area contributed by atoms with Gasteiger partial charge in [-0.05, 0) is 55.7 Å². The Hall–Kier alpha value is -3.34. The summed E-state index contributed by atoms with van der Waals surface area (Å²) in [6, 6.07) is 11.5. The smallest absolute Gasteiger partial charge is 0.341 e. The highest BCUT2D eigenvalue weighted by atomic mass is 35.5. The summed E-state index contributed by atoms with van der Waals surface area (Å²) in [5.41, 5.74) is 5.04. The van der Waals surface area contributed by atoms with Gasteiger partial charge in [0.05, 0.1) is 12.9 Å². The first-order valence-electron chi connectivity index (χ1n) is 11.6. The third-order valence-corrected chi connectivity index (χ3v) is 8.02. The molecule has 0 atom stereocenters. The zero-order valence-corrected chi connectivity index (χ0v) is 24.0. The van der Waals surface area contributed by atoms with E-state index in [0.717, 1.165) is 27.8 Å². The molecule has 8 nitrogen and oxygen atoms in total. The fourth-order valence-electron chi connectivity index (χ4n) is 3.79. The lowest BCUT2D eigenvalue weighted by Crippen LogP contribution is -2.16. The number of benzene rings is 2. The Kier molecular flexibility index (Phi) is 8.76. The molecule has 1 amide bonds. The standard InChI is InChI=1S/C27H27ClN4O4S2/c1-15-6-7-16(2)19(10-15)20-13-37-25(24(20)26(34)35-5)29-23(33)14-38-27-31-30-22(32(27)4)12-36-21-9-8-18(28)11-17(21)3/h6-11,13H,12,14H2,1-5H3,(H,29,33). The van der Waals surface area contributed by atoms with Crippen molar-refractivity contribution in [3.05, 3.63) is 74.9 Å². The number of thiophene rings is 1. The number of carbonyl (C=O) groups is 2. The first-order chi connectivity index (χ1) is 18.2. The van der Waals surface area contributed by atoms with Crippen LogP contribution in [0, 0.1) is 20.8 Å². The van der Waals surface area contributed by atoms with Gasteiger partial charge >= 0.3 is 5.97 Å². The Labute approximate surface area is 234 Å². The van der Waals surface area contributed by atoms with Crippen LogP contribution in [0.5, 0.6) is 5.75 Å². The number of nitrogens with zero attached hydrogens (tertiary/aromatic N) is 3. The monoisotopic (exact) mass is 570 g/mol. The minimum atomic E-state index is -0.501. The summed E-state index contributed by atoms with van der Waals surface area (Å²) in [5.74, 6) is 0.641. The molecule has 11 heteroatoms. The van der Waals surface area contributed by atoms with Crippen molar-refractivity contribution in [2.45, 2.75) is 32.5 Å². The number of halogens is 1. The average molecular weight is 571 g/mol. The predicted molar refractivity (Wildman–Crippen MR) is 151 cm³/mol. The van der Waals surface area contributed by atoms with Crippen LogP contribution in [-0.4, -0.2) is 39.5 Å². The summed E-state index contributed by atoms with van der Waals surface area (Å²) >= 11 is 8.54. The van der Waals surface area contributed by atoms with Gasteiger partial charge < -0.3 is 19.4 Å². The molecule has 0 unspecified atom stereocenters. The molecule has 1 N–H and O–H groups in total. The van der Waals surface area contributed by atoms with Gasteiger partial charge in [0.1, 0.15) is 22.9 Å². The molecule has 0 saturated carbocycles. The largest absolute Gasteiger partial charge is 0.485 e. The van der Waals surface area contributed by atoms with E-state index < -0.39 is 5.97 Å². The van der Waals surface area contributed by atoms with Crippen molar-refractivity contribution < 1.29 is 19.1 Å². The molecule has 4 rings (SSSR count). The van der Waals surface area contributed by atoms with Gasteiger partial charge in [0.2, 0.25) is 5.91 Å². The van der Waals surface area contributed by atoms with Gasteiger partial charge in [-0.1, -0.05) is 47.1 Å². The third kappa shape index (κ3) is 6.20. The number of carbonyl (C=O) groups excluding carboxylic acids is 2. The summed E-state index contributed by atoms with van der Waals surface area (Å²) in [6.07, 6.45) is 0. The molecule has 2 heterocycles. The quantitative estimate of drug-likeness (QED) is 0.188. The first-order valence-corrected chi connectivity index (χ1v) is 13.9. The van der Waals surface area contributed by atoms with Crippen LogP contribution < -0.4 is 10.1 Å². The number of aryl methyl sites for hydroxylation is 3. The number of anilines is 1. The second-order valence-electron chi connectivity index (χ2n) is 8.66. The molecule has 0 fully saturated rings.